The van der Waals surface area contributed by atoms with Crippen LogP contribution in [0.3, 0.4) is 0 Å². The Morgan fingerprint density at radius 3 is 2.00 bits per heavy atom. The third-order valence-corrected chi connectivity index (χ3v) is 15.9. The summed E-state index contributed by atoms with van der Waals surface area (Å²) >= 11 is -0.840. The standard InChI is InChI=1S/C16H13.C15H20P.2ClH.Zr/c1-12-10-14-8-5-9-15(16(14)11-12)13-6-3-2-4-7-13;1-11(2)16(12(3)4)15-9-13-7-5-6-8-14(13)10-15;;;/h2-11H,1H3;5-12H,1-4H3;2*1H;/q;;;;+2/p-2. The van der Waals surface area contributed by atoms with Crippen LogP contribution in [0.25, 0.3) is 23.3 Å². The van der Waals surface area contributed by atoms with Gasteiger partial charge in [-0.3, -0.25) is 0 Å². The van der Waals surface area contributed by atoms with Gasteiger partial charge in [-0.05, 0) is 0 Å². The van der Waals surface area contributed by atoms with Gasteiger partial charge in [0, 0.05) is 0 Å². The number of benzene rings is 3. The number of halogens is 2. The molecule has 2 aliphatic carbocycles. The molecule has 0 saturated carbocycles. The molecule has 0 spiro atoms. The minimum Gasteiger partial charge on any atom is -1.00 e. The molecule has 0 aliphatic heterocycles. The summed E-state index contributed by atoms with van der Waals surface area (Å²) in [5, 5.41) is 1.79. The third-order valence-electron chi connectivity index (χ3n) is 7.01. The molecule has 5 rings (SSSR count). The van der Waals surface area contributed by atoms with Gasteiger partial charge < -0.3 is 24.8 Å². The summed E-state index contributed by atoms with van der Waals surface area (Å²) < 4.78 is 1.35. The van der Waals surface area contributed by atoms with Crippen LogP contribution in [0, 0.1) is 0 Å². The van der Waals surface area contributed by atoms with Crippen molar-refractivity contribution < 1.29 is 48.0 Å². The first-order valence-electron chi connectivity index (χ1n) is 12.2. The predicted molar refractivity (Wildman–Crippen MR) is 143 cm³/mol. The molecule has 0 radical (unpaired) electrons. The van der Waals surface area contributed by atoms with E-state index in [1.165, 1.54) is 22.3 Å². The Morgan fingerprint density at radius 2 is 1.31 bits per heavy atom. The van der Waals surface area contributed by atoms with Crippen LogP contribution in [-0.4, -0.2) is 11.3 Å². The van der Waals surface area contributed by atoms with E-state index in [-0.39, 0.29) is 32.7 Å². The molecule has 0 N–H and O–H groups in total. The molecule has 0 bridgehead atoms. The van der Waals surface area contributed by atoms with Crippen LogP contribution in [0.2, 0.25) is 0 Å². The second kappa shape index (κ2) is 12.1. The number of fused-ring (bicyclic) bond motifs is 2. The maximum Gasteiger partial charge on any atom is -1.00 e. The fraction of sp³-hybridized carbons (Fsp3) is 0.290. The van der Waals surface area contributed by atoms with Crippen LogP contribution in [0.5, 0.6) is 0 Å². The maximum atomic E-state index is 2.60. The quantitative estimate of drug-likeness (QED) is 0.383. The number of hydrogen-bond acceptors (Lipinski definition) is 0. The van der Waals surface area contributed by atoms with E-state index >= 15 is 0 Å². The topological polar surface area (TPSA) is 0 Å². The summed E-state index contributed by atoms with van der Waals surface area (Å²) in [6.07, 6.45) is 5.10. The van der Waals surface area contributed by atoms with Crippen molar-refractivity contribution in [1.29, 1.82) is 0 Å². The van der Waals surface area contributed by atoms with Crippen LogP contribution in [-0.2, 0) is 23.2 Å². The third kappa shape index (κ3) is 5.50. The van der Waals surface area contributed by atoms with E-state index in [1.807, 2.05) is 0 Å². The van der Waals surface area contributed by atoms with Gasteiger partial charge in [0.1, 0.15) is 0 Å². The first kappa shape index (κ1) is 28.6. The van der Waals surface area contributed by atoms with E-state index in [1.54, 1.807) is 22.0 Å². The minimum atomic E-state index is -0.840. The van der Waals surface area contributed by atoms with Crippen molar-refractivity contribution in [3.63, 3.8) is 0 Å². The minimum absolute atomic E-state index is 0. The first-order valence-corrected chi connectivity index (χ1v) is 16.5. The molecule has 0 fully saturated rings. The van der Waals surface area contributed by atoms with E-state index in [0.717, 1.165) is 11.3 Å². The van der Waals surface area contributed by atoms with E-state index < -0.39 is 23.2 Å². The largest absolute Gasteiger partial charge is 1.00 e. The van der Waals surface area contributed by atoms with E-state index in [2.05, 4.69) is 120 Å². The molecule has 180 valence electrons. The van der Waals surface area contributed by atoms with Crippen LogP contribution < -0.4 is 24.8 Å². The van der Waals surface area contributed by atoms with Crippen molar-refractivity contribution in [2.75, 3.05) is 0 Å². The molecule has 0 heterocycles. The fourth-order valence-corrected chi connectivity index (χ4v) is 14.8. The zero-order valence-corrected chi connectivity index (χ0v) is 26.0. The molecule has 0 amide bonds. The molecule has 0 aromatic heterocycles. The van der Waals surface area contributed by atoms with Gasteiger partial charge in [0.05, 0.1) is 0 Å². The Kier molecular flexibility index (Phi) is 9.85. The maximum absolute atomic E-state index is 2.60. The molecular weight excluding hydrogens is 565 g/mol. The average Bonchev–Trinajstić information content (AvgIpc) is 3.31. The van der Waals surface area contributed by atoms with Gasteiger partial charge >= 0.3 is 214 Å². The van der Waals surface area contributed by atoms with Crippen molar-refractivity contribution in [3.05, 3.63) is 106 Å². The Morgan fingerprint density at radius 1 is 0.686 bits per heavy atom. The second-order valence-corrected chi connectivity index (χ2v) is 16.9. The smallest absolute Gasteiger partial charge is 1.00 e. The Hall–Kier alpha value is -0.967. The average molecular weight is 599 g/mol. The zero-order valence-electron chi connectivity index (χ0n) is 21.1. The number of rotatable bonds is 6. The van der Waals surface area contributed by atoms with Crippen LogP contribution in [0.15, 0.2) is 83.7 Å². The van der Waals surface area contributed by atoms with Gasteiger partial charge in [0.25, 0.3) is 0 Å². The summed E-state index contributed by atoms with van der Waals surface area (Å²) in [6.45, 7) is 12.2. The Balaban J connectivity index is 0.00000171. The Bertz CT molecular complexity index is 1220. The normalized spacial score (nSPS) is 17.8. The summed E-state index contributed by atoms with van der Waals surface area (Å²) in [5.74, 6) is 0. The Labute approximate surface area is 236 Å². The molecule has 0 nitrogen and oxygen atoms in total. The summed E-state index contributed by atoms with van der Waals surface area (Å²) in [6, 6.07) is 27.2. The van der Waals surface area contributed by atoms with Crippen molar-refractivity contribution >= 4 is 20.1 Å². The van der Waals surface area contributed by atoms with E-state index in [4.69, 9.17) is 0 Å². The van der Waals surface area contributed by atoms with Gasteiger partial charge in [-0.1, -0.05) is 0 Å². The summed E-state index contributed by atoms with van der Waals surface area (Å²) in [4.78, 5) is 0. The van der Waals surface area contributed by atoms with Crippen molar-refractivity contribution in [1.82, 2.24) is 0 Å². The SMILES string of the molecule is CC1=Cc2c(-c3ccccc3)cccc2[CH]1[Zr+2][CH]1C(P(C(C)C)C(C)C)=Cc2ccccc21.[Cl-].[Cl-]. The molecule has 0 saturated heterocycles. The molecule has 2 unspecified atom stereocenters. The fourth-order valence-electron chi connectivity index (χ4n) is 5.71. The number of hydrogen-bond donors (Lipinski definition) is 0. The number of allylic oxidation sites excluding steroid dienone is 2. The monoisotopic (exact) mass is 596 g/mol. The van der Waals surface area contributed by atoms with Gasteiger partial charge in [-0.2, -0.15) is 0 Å². The van der Waals surface area contributed by atoms with Crippen LogP contribution in [0.1, 0.15) is 64.1 Å². The molecule has 2 aliphatic rings. The van der Waals surface area contributed by atoms with Gasteiger partial charge in [0.2, 0.25) is 0 Å². The summed E-state index contributed by atoms with van der Waals surface area (Å²) in [5.41, 5.74) is 11.9. The molecule has 35 heavy (non-hydrogen) atoms. The molecule has 3 aromatic rings. The van der Waals surface area contributed by atoms with Crippen LogP contribution >= 0.6 is 7.92 Å². The van der Waals surface area contributed by atoms with Crippen LogP contribution in [0.4, 0.5) is 0 Å². The van der Waals surface area contributed by atoms with Crippen molar-refractivity contribution in [2.45, 2.75) is 53.2 Å². The molecule has 3 aromatic carbocycles. The van der Waals surface area contributed by atoms with Gasteiger partial charge in [-0.15, -0.1) is 0 Å². The molecule has 4 heteroatoms. The molecule has 2 atom stereocenters. The van der Waals surface area contributed by atoms with E-state index in [0.29, 0.717) is 7.25 Å². The van der Waals surface area contributed by atoms with Crippen molar-refractivity contribution in [2.24, 2.45) is 0 Å². The van der Waals surface area contributed by atoms with Gasteiger partial charge in [-0.25, -0.2) is 0 Å². The zero-order chi connectivity index (χ0) is 23.1. The van der Waals surface area contributed by atoms with Gasteiger partial charge in [0.15, 0.2) is 0 Å². The summed E-state index contributed by atoms with van der Waals surface area (Å²) in [7, 11) is -0.125. The second-order valence-electron chi connectivity index (χ2n) is 9.89. The van der Waals surface area contributed by atoms with E-state index in [9.17, 15) is 0 Å². The predicted octanol–water partition coefficient (Wildman–Crippen LogP) is 3.30. The first-order chi connectivity index (χ1) is 16.0. The molecular formula is C31H33Cl2PZr. The van der Waals surface area contributed by atoms with Crippen molar-refractivity contribution in [3.8, 4) is 11.1 Å².